The van der Waals surface area contributed by atoms with Gasteiger partial charge in [-0.2, -0.15) is 0 Å². The second-order valence-electron chi connectivity index (χ2n) is 8.68. The molecule has 2 aliphatic rings. The van der Waals surface area contributed by atoms with Crippen molar-refractivity contribution in [2.45, 2.75) is 29.1 Å². The molecule has 4 aromatic rings. The summed E-state index contributed by atoms with van der Waals surface area (Å²) < 4.78 is 32.4. The lowest BCUT2D eigenvalue weighted by Crippen LogP contribution is -2.30. The van der Waals surface area contributed by atoms with E-state index in [-0.39, 0.29) is 15.2 Å². The maximum atomic E-state index is 13.2. The monoisotopic (exact) mass is 439 g/mol. The van der Waals surface area contributed by atoms with E-state index in [0.717, 1.165) is 17.1 Å². The molecule has 6 rings (SSSR count). The summed E-state index contributed by atoms with van der Waals surface area (Å²) in [5.41, 5.74) is 5.29. The van der Waals surface area contributed by atoms with Crippen LogP contribution in [0.25, 0.3) is 0 Å². The molecule has 0 N–H and O–H groups in total. The van der Waals surface area contributed by atoms with E-state index in [4.69, 9.17) is 4.74 Å². The summed E-state index contributed by atoms with van der Waals surface area (Å²) in [5, 5.41) is 0. The van der Waals surface area contributed by atoms with Crippen molar-refractivity contribution >= 4 is 26.9 Å². The molecule has 0 unspecified atom stereocenters. The number of para-hydroxylation sites is 3. The van der Waals surface area contributed by atoms with E-state index in [1.54, 1.807) is 30.3 Å². The molecular weight excluding hydrogens is 418 g/mol. The minimum atomic E-state index is -3.63. The van der Waals surface area contributed by atoms with E-state index < -0.39 is 9.84 Å². The largest absolute Gasteiger partial charge is 0.455 e. The highest BCUT2D eigenvalue weighted by Gasteiger charge is 2.37. The standard InChI is InChI=1S/C27H21NO3S/c1-27(2)19-9-3-5-11-21(19)28(22-12-6-4-10-20(22)27)18-15-16-26-24(17-18)31-23-13-7-8-14-25(23)32(26,29)30/h3-17H,1-2H3. The molecule has 0 radical (unpaired) electrons. The van der Waals surface area contributed by atoms with Crippen LogP contribution in [0.1, 0.15) is 25.0 Å². The summed E-state index contributed by atoms with van der Waals surface area (Å²) in [6.45, 7) is 4.48. The molecule has 0 saturated heterocycles. The van der Waals surface area contributed by atoms with Crippen LogP contribution in [0.3, 0.4) is 0 Å². The lowest BCUT2D eigenvalue weighted by molar-refractivity contribution is 0.443. The van der Waals surface area contributed by atoms with Crippen LogP contribution in [-0.4, -0.2) is 8.42 Å². The van der Waals surface area contributed by atoms with E-state index in [9.17, 15) is 8.42 Å². The Morgan fingerprint density at radius 2 is 1.25 bits per heavy atom. The summed E-state index contributed by atoms with van der Waals surface area (Å²) >= 11 is 0. The molecule has 4 aromatic carbocycles. The Hall–Kier alpha value is -3.57. The van der Waals surface area contributed by atoms with Gasteiger partial charge in [-0.25, -0.2) is 8.42 Å². The zero-order chi connectivity index (χ0) is 22.1. The Labute approximate surface area is 187 Å². The highest BCUT2D eigenvalue weighted by atomic mass is 32.2. The van der Waals surface area contributed by atoms with Crippen LogP contribution < -0.4 is 9.64 Å². The van der Waals surface area contributed by atoms with Crippen molar-refractivity contribution in [3.05, 3.63) is 102 Å². The van der Waals surface area contributed by atoms with Crippen LogP contribution in [0.15, 0.2) is 101 Å². The molecule has 0 atom stereocenters. The Kier molecular flexibility index (Phi) is 3.87. The van der Waals surface area contributed by atoms with Gasteiger partial charge >= 0.3 is 0 Å². The second-order valence-corrected chi connectivity index (χ2v) is 10.6. The number of nitrogens with zero attached hydrogens (tertiary/aromatic N) is 1. The number of sulfone groups is 1. The molecule has 0 bridgehead atoms. The van der Waals surface area contributed by atoms with Crippen LogP contribution in [0.5, 0.6) is 11.5 Å². The minimum Gasteiger partial charge on any atom is -0.455 e. The summed E-state index contributed by atoms with van der Waals surface area (Å²) in [7, 11) is -3.63. The summed E-state index contributed by atoms with van der Waals surface area (Å²) in [5.74, 6) is 0.707. The van der Waals surface area contributed by atoms with Crippen LogP contribution in [-0.2, 0) is 15.3 Å². The molecule has 158 valence electrons. The SMILES string of the molecule is CC1(C)c2ccccc2N(c2ccc3c(c2)Oc2ccccc2S3(=O)=O)c2ccccc21. The molecule has 5 heteroatoms. The van der Waals surface area contributed by atoms with Gasteiger partial charge in [0.2, 0.25) is 9.84 Å². The number of fused-ring (bicyclic) bond motifs is 4. The van der Waals surface area contributed by atoms with Gasteiger partial charge in [-0.3, -0.25) is 0 Å². The number of hydrogen-bond donors (Lipinski definition) is 0. The van der Waals surface area contributed by atoms with E-state index in [1.807, 2.05) is 24.3 Å². The molecule has 0 spiro atoms. The fraction of sp³-hybridized carbons (Fsp3) is 0.111. The summed E-state index contributed by atoms with van der Waals surface area (Å²) in [6, 6.07) is 28.8. The Bertz CT molecular complexity index is 1460. The topological polar surface area (TPSA) is 46.6 Å². The maximum absolute atomic E-state index is 13.2. The lowest BCUT2D eigenvalue weighted by atomic mass is 9.73. The molecule has 0 aromatic heterocycles. The summed E-state index contributed by atoms with van der Waals surface area (Å²) in [6.07, 6.45) is 0. The first-order valence-electron chi connectivity index (χ1n) is 10.5. The van der Waals surface area contributed by atoms with Crippen molar-refractivity contribution in [3.63, 3.8) is 0 Å². The number of anilines is 3. The average molecular weight is 440 g/mol. The first-order chi connectivity index (χ1) is 15.4. The number of hydrogen-bond acceptors (Lipinski definition) is 4. The quantitative estimate of drug-likeness (QED) is 0.290. The van der Waals surface area contributed by atoms with Crippen molar-refractivity contribution in [1.82, 2.24) is 0 Å². The third-order valence-electron chi connectivity index (χ3n) is 6.47. The van der Waals surface area contributed by atoms with Gasteiger partial charge in [-0.15, -0.1) is 0 Å². The van der Waals surface area contributed by atoms with E-state index >= 15 is 0 Å². The van der Waals surface area contributed by atoms with E-state index in [0.29, 0.717) is 11.5 Å². The number of ether oxygens (including phenoxy) is 1. The fourth-order valence-corrected chi connectivity index (χ4v) is 6.36. The van der Waals surface area contributed by atoms with Crippen LogP contribution in [0.4, 0.5) is 17.1 Å². The zero-order valence-corrected chi connectivity index (χ0v) is 18.6. The molecule has 2 heterocycles. The average Bonchev–Trinajstić information content (AvgIpc) is 2.79. The van der Waals surface area contributed by atoms with Crippen molar-refractivity contribution in [2.24, 2.45) is 0 Å². The van der Waals surface area contributed by atoms with Crippen LogP contribution in [0.2, 0.25) is 0 Å². The van der Waals surface area contributed by atoms with Gasteiger partial charge in [0.05, 0.1) is 11.4 Å². The molecular formula is C27H21NO3S. The van der Waals surface area contributed by atoms with Gasteiger partial charge in [0.15, 0.2) is 0 Å². The molecule has 2 aliphatic heterocycles. The third kappa shape index (κ3) is 2.52. The zero-order valence-electron chi connectivity index (χ0n) is 17.7. The van der Waals surface area contributed by atoms with Gasteiger partial charge in [0.1, 0.15) is 21.3 Å². The van der Waals surface area contributed by atoms with Gasteiger partial charge in [0, 0.05) is 17.2 Å². The summed E-state index contributed by atoms with van der Waals surface area (Å²) in [4.78, 5) is 2.58. The molecule has 0 fully saturated rings. The van der Waals surface area contributed by atoms with Crippen LogP contribution in [0, 0.1) is 0 Å². The second kappa shape index (κ2) is 6.47. The van der Waals surface area contributed by atoms with Crippen molar-refractivity contribution in [3.8, 4) is 11.5 Å². The van der Waals surface area contributed by atoms with Gasteiger partial charge in [-0.05, 0) is 47.5 Å². The van der Waals surface area contributed by atoms with Crippen molar-refractivity contribution < 1.29 is 13.2 Å². The normalized spacial score (nSPS) is 16.8. The molecule has 0 aliphatic carbocycles. The van der Waals surface area contributed by atoms with Gasteiger partial charge in [-0.1, -0.05) is 62.4 Å². The molecule has 4 nitrogen and oxygen atoms in total. The van der Waals surface area contributed by atoms with Gasteiger partial charge in [0.25, 0.3) is 0 Å². The number of rotatable bonds is 1. The Morgan fingerprint density at radius 3 is 1.94 bits per heavy atom. The predicted molar refractivity (Wildman–Crippen MR) is 125 cm³/mol. The van der Waals surface area contributed by atoms with Crippen LogP contribution >= 0.6 is 0 Å². The fourth-order valence-electron chi connectivity index (χ4n) is 4.88. The minimum absolute atomic E-state index is 0.156. The molecule has 0 amide bonds. The highest BCUT2D eigenvalue weighted by Crippen LogP contribution is 2.53. The van der Waals surface area contributed by atoms with E-state index in [2.05, 4.69) is 55.1 Å². The predicted octanol–water partition coefficient (Wildman–Crippen LogP) is 6.73. The maximum Gasteiger partial charge on any atom is 0.213 e. The highest BCUT2D eigenvalue weighted by molar-refractivity contribution is 7.91. The first-order valence-corrected chi connectivity index (χ1v) is 12.0. The van der Waals surface area contributed by atoms with Crippen molar-refractivity contribution in [1.29, 1.82) is 0 Å². The Balaban J connectivity index is 1.58. The van der Waals surface area contributed by atoms with Crippen molar-refractivity contribution in [2.75, 3.05) is 4.90 Å². The molecule has 32 heavy (non-hydrogen) atoms. The Morgan fingerprint density at radius 1 is 0.688 bits per heavy atom. The lowest BCUT2D eigenvalue weighted by Gasteiger charge is -2.42. The third-order valence-corrected chi connectivity index (χ3v) is 8.30. The first kappa shape index (κ1) is 19.1. The smallest absolute Gasteiger partial charge is 0.213 e. The van der Waals surface area contributed by atoms with E-state index in [1.165, 1.54) is 11.1 Å². The van der Waals surface area contributed by atoms with Gasteiger partial charge < -0.3 is 9.64 Å². The molecule has 0 saturated carbocycles. The number of benzene rings is 4.